The molecule has 0 aliphatic rings. The largest absolute Gasteiger partial charge is 0.455 e. The van der Waals surface area contributed by atoms with Crippen molar-refractivity contribution < 1.29 is 4.42 Å². The third-order valence-corrected chi connectivity index (χ3v) is 14.5. The molecule has 0 N–H and O–H groups in total. The van der Waals surface area contributed by atoms with Crippen LogP contribution in [0.15, 0.2) is 265 Å². The molecule has 0 amide bonds. The summed E-state index contributed by atoms with van der Waals surface area (Å²) in [7, 11) is 0. The lowest BCUT2D eigenvalue weighted by molar-refractivity contribution is 0.670. The number of aromatic nitrogens is 4. The molecule has 0 fully saturated rings. The van der Waals surface area contributed by atoms with Crippen molar-refractivity contribution in [3.8, 4) is 95.5 Å². The monoisotopic (exact) mass is 958 g/mol. The van der Waals surface area contributed by atoms with Crippen LogP contribution < -0.4 is 0 Å². The molecule has 5 heteroatoms. The van der Waals surface area contributed by atoms with Gasteiger partial charge in [0.2, 0.25) is 0 Å². The molecule has 14 aromatic rings. The summed E-state index contributed by atoms with van der Waals surface area (Å²) in [5, 5.41) is 4.64. The molecule has 0 aliphatic carbocycles. The zero-order valence-corrected chi connectivity index (χ0v) is 41.0. The number of hydrogen-bond acceptors (Lipinski definition) is 4. The number of para-hydroxylation sites is 2. The molecule has 352 valence electrons. The second-order valence-corrected chi connectivity index (χ2v) is 19.3. The average molecular weight is 959 g/mol. The standard InChI is InChI=1S/C70H46N4O/c1-45-17-12-22-48(37-45)54-35-36-65-62(42-54)59-31-8-10-33-64(59)74(65)58-30-16-27-53(41-58)57-43-61(67-63(44-57)60-32-9-11-34-66(60)75-67)55-28-14-25-51(39-55)49-23-13-24-50(38-49)52-26-15-29-56(40-52)70-72-68(46-18-4-2-5-19-46)71-69(73-70)47-20-6-3-7-21-47/h2-44H,1H3. The minimum absolute atomic E-state index is 0.624. The Morgan fingerprint density at radius 3 is 1.44 bits per heavy atom. The van der Waals surface area contributed by atoms with Crippen molar-refractivity contribution in [1.29, 1.82) is 0 Å². The van der Waals surface area contributed by atoms with E-state index in [4.69, 9.17) is 19.4 Å². The topological polar surface area (TPSA) is 56.7 Å². The van der Waals surface area contributed by atoms with Gasteiger partial charge >= 0.3 is 0 Å². The van der Waals surface area contributed by atoms with Gasteiger partial charge in [-0.1, -0.05) is 200 Å². The number of hydrogen-bond donors (Lipinski definition) is 0. The molecular weight excluding hydrogens is 913 g/mol. The summed E-state index contributed by atoms with van der Waals surface area (Å²) >= 11 is 0. The maximum Gasteiger partial charge on any atom is 0.164 e. The third-order valence-electron chi connectivity index (χ3n) is 14.5. The Labute approximate surface area is 434 Å². The Balaban J connectivity index is 0.844. The maximum atomic E-state index is 6.77. The fourth-order valence-electron chi connectivity index (χ4n) is 10.8. The number of benzene rings is 11. The van der Waals surface area contributed by atoms with E-state index in [9.17, 15) is 0 Å². The van der Waals surface area contributed by atoms with Gasteiger partial charge in [0.05, 0.1) is 11.0 Å². The van der Waals surface area contributed by atoms with E-state index in [0.717, 1.165) is 88.8 Å². The van der Waals surface area contributed by atoms with Gasteiger partial charge in [-0.05, 0) is 124 Å². The van der Waals surface area contributed by atoms with E-state index < -0.39 is 0 Å². The lowest BCUT2D eigenvalue weighted by atomic mass is 9.93. The minimum atomic E-state index is 0.624. The summed E-state index contributed by atoms with van der Waals surface area (Å²) in [6.07, 6.45) is 0. The van der Waals surface area contributed by atoms with Crippen LogP contribution in [0.5, 0.6) is 0 Å². The van der Waals surface area contributed by atoms with Crippen LogP contribution in [0.1, 0.15) is 5.56 Å². The van der Waals surface area contributed by atoms with Gasteiger partial charge in [-0.25, -0.2) is 15.0 Å². The van der Waals surface area contributed by atoms with Crippen LogP contribution >= 0.6 is 0 Å². The second-order valence-electron chi connectivity index (χ2n) is 19.3. The Morgan fingerprint density at radius 2 is 0.760 bits per heavy atom. The number of aryl methyl sites for hydroxylation is 1. The van der Waals surface area contributed by atoms with Gasteiger partial charge in [0.1, 0.15) is 11.2 Å². The van der Waals surface area contributed by atoms with E-state index in [1.54, 1.807) is 0 Å². The summed E-state index contributed by atoms with van der Waals surface area (Å²) in [6.45, 7) is 2.15. The van der Waals surface area contributed by atoms with Crippen molar-refractivity contribution >= 4 is 43.7 Å². The van der Waals surface area contributed by atoms with Crippen molar-refractivity contribution in [2.45, 2.75) is 6.92 Å². The van der Waals surface area contributed by atoms with Crippen LogP contribution in [0.25, 0.3) is 139 Å². The third kappa shape index (κ3) is 8.04. The Kier molecular flexibility index (Phi) is 10.7. The molecule has 3 heterocycles. The van der Waals surface area contributed by atoms with Crippen molar-refractivity contribution in [1.82, 2.24) is 19.5 Å². The first-order chi connectivity index (χ1) is 37.0. The fraction of sp³-hybridized carbons (Fsp3) is 0.0143. The summed E-state index contributed by atoms with van der Waals surface area (Å²) in [5.74, 6) is 1.90. The molecule has 5 nitrogen and oxygen atoms in total. The number of fused-ring (bicyclic) bond motifs is 6. The minimum Gasteiger partial charge on any atom is -0.455 e. The highest BCUT2D eigenvalue weighted by molar-refractivity contribution is 6.12. The van der Waals surface area contributed by atoms with E-state index in [1.165, 1.54) is 38.5 Å². The van der Waals surface area contributed by atoms with Gasteiger partial charge in [-0.15, -0.1) is 0 Å². The molecule has 0 spiro atoms. The molecule has 11 aromatic carbocycles. The van der Waals surface area contributed by atoms with E-state index in [2.05, 4.69) is 206 Å². The second kappa shape index (κ2) is 18.3. The molecule has 0 bridgehead atoms. The molecule has 0 saturated carbocycles. The van der Waals surface area contributed by atoms with Crippen molar-refractivity contribution in [2.75, 3.05) is 0 Å². The Hall–Kier alpha value is -9.97. The first-order valence-corrected chi connectivity index (χ1v) is 25.4. The maximum absolute atomic E-state index is 6.77. The molecule has 0 saturated heterocycles. The molecule has 0 radical (unpaired) electrons. The van der Waals surface area contributed by atoms with Crippen LogP contribution in [0.3, 0.4) is 0 Å². The van der Waals surface area contributed by atoms with Crippen LogP contribution in [0, 0.1) is 6.92 Å². The lowest BCUT2D eigenvalue weighted by Gasteiger charge is -2.13. The Morgan fingerprint density at radius 1 is 0.293 bits per heavy atom. The van der Waals surface area contributed by atoms with Crippen LogP contribution in [-0.2, 0) is 0 Å². The molecule has 14 rings (SSSR count). The van der Waals surface area contributed by atoms with E-state index in [1.807, 2.05) is 66.7 Å². The first-order valence-electron chi connectivity index (χ1n) is 25.4. The summed E-state index contributed by atoms with van der Waals surface area (Å²) < 4.78 is 9.18. The predicted octanol–water partition coefficient (Wildman–Crippen LogP) is 18.5. The van der Waals surface area contributed by atoms with Crippen molar-refractivity contribution in [3.05, 3.63) is 266 Å². The molecule has 75 heavy (non-hydrogen) atoms. The van der Waals surface area contributed by atoms with Gasteiger partial charge in [0, 0.05) is 49.5 Å². The molecule has 3 aromatic heterocycles. The van der Waals surface area contributed by atoms with E-state index in [-0.39, 0.29) is 0 Å². The lowest BCUT2D eigenvalue weighted by Crippen LogP contribution is -2.00. The van der Waals surface area contributed by atoms with Crippen LogP contribution in [0.2, 0.25) is 0 Å². The first kappa shape index (κ1) is 43.8. The Bertz CT molecular complexity index is 4440. The molecule has 0 unspecified atom stereocenters. The number of rotatable bonds is 9. The number of furan rings is 1. The van der Waals surface area contributed by atoms with Gasteiger partial charge in [0.15, 0.2) is 17.5 Å². The van der Waals surface area contributed by atoms with Crippen molar-refractivity contribution in [2.24, 2.45) is 0 Å². The zero-order valence-electron chi connectivity index (χ0n) is 41.0. The summed E-state index contributed by atoms with van der Waals surface area (Å²) in [5.41, 5.74) is 20.4. The van der Waals surface area contributed by atoms with E-state index >= 15 is 0 Å². The normalized spacial score (nSPS) is 11.5. The van der Waals surface area contributed by atoms with Gasteiger partial charge in [-0.2, -0.15) is 0 Å². The van der Waals surface area contributed by atoms with Gasteiger partial charge < -0.3 is 8.98 Å². The number of nitrogens with zero attached hydrogens (tertiary/aromatic N) is 4. The van der Waals surface area contributed by atoms with Gasteiger partial charge in [0.25, 0.3) is 0 Å². The van der Waals surface area contributed by atoms with Gasteiger partial charge in [-0.3, -0.25) is 0 Å². The van der Waals surface area contributed by atoms with Crippen LogP contribution in [0.4, 0.5) is 0 Å². The highest BCUT2D eigenvalue weighted by atomic mass is 16.3. The SMILES string of the molecule is Cc1cccc(-c2ccc3c(c2)c2ccccc2n3-c2cccc(-c3cc(-c4cccc(-c5cccc(-c6cccc(-c7nc(-c8ccccc8)nc(-c8ccccc8)n7)c6)c5)c4)c4oc5ccccc5c4c3)c2)c1. The fourth-order valence-corrected chi connectivity index (χ4v) is 10.8. The highest BCUT2D eigenvalue weighted by Crippen LogP contribution is 2.42. The predicted molar refractivity (Wildman–Crippen MR) is 310 cm³/mol. The smallest absolute Gasteiger partial charge is 0.164 e. The highest BCUT2D eigenvalue weighted by Gasteiger charge is 2.19. The summed E-state index contributed by atoms with van der Waals surface area (Å²) in [6, 6.07) is 92.6. The quantitative estimate of drug-likeness (QED) is 0.145. The molecule has 0 aliphatic heterocycles. The van der Waals surface area contributed by atoms with E-state index in [0.29, 0.717) is 17.5 Å². The molecule has 0 atom stereocenters. The zero-order chi connectivity index (χ0) is 49.8. The molecular formula is C70H46N4O. The average Bonchev–Trinajstić information content (AvgIpc) is 4.04. The summed E-state index contributed by atoms with van der Waals surface area (Å²) in [4.78, 5) is 15.0. The van der Waals surface area contributed by atoms with Crippen molar-refractivity contribution in [3.63, 3.8) is 0 Å². The van der Waals surface area contributed by atoms with Crippen LogP contribution in [-0.4, -0.2) is 19.5 Å².